The Morgan fingerprint density at radius 1 is 1.35 bits per heavy atom. The number of aryl methyl sites for hydroxylation is 1. The molecule has 4 nitrogen and oxygen atoms in total. The average molecular weight is 309 g/mol. The molecule has 0 unspecified atom stereocenters. The quantitative estimate of drug-likeness (QED) is 0.831. The summed E-state index contributed by atoms with van der Waals surface area (Å²) >= 11 is 3.81. The third kappa shape index (κ3) is 3.24. The van der Waals surface area contributed by atoms with E-state index in [0.717, 1.165) is 42.5 Å². The lowest BCUT2D eigenvalue weighted by atomic mass is 10.2. The minimum atomic E-state index is 0.680. The number of rotatable bonds is 6. The molecule has 0 bridgehead atoms. The van der Waals surface area contributed by atoms with E-state index in [1.165, 1.54) is 22.6 Å². The largest absolute Gasteiger partial charge is 0.420 e. The Morgan fingerprint density at radius 2 is 2.30 bits per heavy atom. The number of nitrogens with zero attached hydrogens (tertiary/aromatic N) is 2. The molecule has 1 aliphatic rings. The van der Waals surface area contributed by atoms with E-state index < -0.39 is 0 Å². The van der Waals surface area contributed by atoms with Crippen LogP contribution < -0.4 is 5.32 Å². The second kappa shape index (κ2) is 6.74. The average Bonchev–Trinajstić information content (AvgIpc) is 3.09. The molecule has 0 spiro atoms. The molecule has 3 heterocycles. The van der Waals surface area contributed by atoms with Crippen molar-refractivity contribution in [2.75, 3.05) is 18.8 Å². The molecule has 6 heteroatoms. The normalized spacial score (nSPS) is 14.4. The maximum Gasteiger partial charge on any atom is 0.257 e. The zero-order valence-electron chi connectivity index (χ0n) is 11.6. The van der Waals surface area contributed by atoms with Gasteiger partial charge in [-0.3, -0.25) is 0 Å². The molecule has 0 atom stereocenters. The van der Waals surface area contributed by atoms with Gasteiger partial charge < -0.3 is 9.73 Å². The topological polar surface area (TPSA) is 51.0 Å². The molecule has 3 rings (SSSR count). The van der Waals surface area contributed by atoms with Crippen molar-refractivity contribution in [2.45, 2.75) is 31.9 Å². The van der Waals surface area contributed by atoms with E-state index in [-0.39, 0.29) is 0 Å². The zero-order chi connectivity index (χ0) is 13.8. The number of hydrogen-bond donors (Lipinski definition) is 1. The summed E-state index contributed by atoms with van der Waals surface area (Å²) in [5, 5.41) is 11.7. The van der Waals surface area contributed by atoms with E-state index >= 15 is 0 Å². The van der Waals surface area contributed by atoms with E-state index in [9.17, 15) is 0 Å². The van der Waals surface area contributed by atoms with Gasteiger partial charge in [0.15, 0.2) is 0 Å². The van der Waals surface area contributed by atoms with Gasteiger partial charge in [0, 0.05) is 23.6 Å². The number of aromatic nitrogens is 2. The monoisotopic (exact) mass is 309 g/mol. The van der Waals surface area contributed by atoms with Crippen molar-refractivity contribution in [1.82, 2.24) is 15.5 Å². The summed E-state index contributed by atoms with van der Waals surface area (Å²) in [4.78, 5) is 2.61. The minimum absolute atomic E-state index is 0.680. The number of hydrogen-bond acceptors (Lipinski definition) is 6. The van der Waals surface area contributed by atoms with E-state index in [0.29, 0.717) is 5.89 Å². The first-order valence-corrected chi connectivity index (χ1v) is 9.06. The van der Waals surface area contributed by atoms with Gasteiger partial charge in [-0.25, -0.2) is 0 Å². The first kappa shape index (κ1) is 14.1. The molecule has 108 valence electrons. The van der Waals surface area contributed by atoms with Crippen molar-refractivity contribution in [3.63, 3.8) is 0 Å². The molecule has 0 aliphatic carbocycles. The van der Waals surface area contributed by atoms with Gasteiger partial charge in [-0.1, -0.05) is 6.92 Å². The molecule has 20 heavy (non-hydrogen) atoms. The van der Waals surface area contributed by atoms with E-state index in [1.807, 2.05) is 23.1 Å². The van der Waals surface area contributed by atoms with Gasteiger partial charge in [0.05, 0.1) is 4.88 Å². The van der Waals surface area contributed by atoms with Crippen LogP contribution in [0.1, 0.15) is 29.7 Å². The number of nitrogens with one attached hydrogen (secondary N) is 1. The van der Waals surface area contributed by atoms with Crippen LogP contribution in [0.25, 0.3) is 10.8 Å². The summed E-state index contributed by atoms with van der Waals surface area (Å²) in [5.41, 5.74) is 1.45. The molecular formula is C14H19N3OS2. The molecule has 0 fully saturated rings. The van der Waals surface area contributed by atoms with Gasteiger partial charge in [-0.05, 0) is 36.8 Å². The first-order chi connectivity index (χ1) is 9.86. The lowest BCUT2D eigenvalue weighted by Crippen LogP contribution is -2.17. The Hall–Kier alpha value is -0.850. The highest BCUT2D eigenvalue weighted by Crippen LogP contribution is 2.36. The summed E-state index contributed by atoms with van der Waals surface area (Å²) in [5.74, 6) is 3.75. The second-order valence-electron chi connectivity index (χ2n) is 4.86. The summed E-state index contributed by atoms with van der Waals surface area (Å²) in [6.45, 7) is 4.10. The number of thiophene rings is 1. The van der Waals surface area contributed by atoms with Crippen LogP contribution in [0.5, 0.6) is 0 Å². The minimum Gasteiger partial charge on any atom is -0.420 e. The van der Waals surface area contributed by atoms with Crippen LogP contribution in [-0.4, -0.2) is 29.0 Å². The Morgan fingerprint density at radius 3 is 3.15 bits per heavy atom. The molecule has 0 saturated heterocycles. The molecule has 0 amide bonds. The molecule has 0 saturated carbocycles. The third-order valence-corrected chi connectivity index (χ3v) is 5.48. The summed E-state index contributed by atoms with van der Waals surface area (Å²) in [6, 6.07) is 2.22. The van der Waals surface area contributed by atoms with Gasteiger partial charge in [0.25, 0.3) is 5.89 Å². The fourth-order valence-corrected chi connectivity index (χ4v) is 4.50. The molecule has 0 radical (unpaired) electrons. The third-order valence-electron chi connectivity index (χ3n) is 3.25. The van der Waals surface area contributed by atoms with Crippen molar-refractivity contribution in [2.24, 2.45) is 0 Å². The predicted octanol–water partition coefficient (Wildman–Crippen LogP) is 3.13. The molecule has 1 N–H and O–H groups in total. The fourth-order valence-electron chi connectivity index (χ4n) is 2.20. The fraction of sp³-hybridized carbons (Fsp3) is 0.571. The second-order valence-corrected chi connectivity index (χ2v) is 7.10. The van der Waals surface area contributed by atoms with E-state index in [2.05, 4.69) is 28.5 Å². The Balaban J connectivity index is 1.65. The summed E-state index contributed by atoms with van der Waals surface area (Å²) in [6.07, 6.45) is 3.12. The first-order valence-electron chi connectivity index (χ1n) is 7.09. The number of fused-ring (bicyclic) bond motifs is 1. The number of thioether (sulfide) groups is 1. The lowest BCUT2D eigenvalue weighted by Gasteiger charge is -2.08. The maximum atomic E-state index is 5.77. The van der Waals surface area contributed by atoms with E-state index in [4.69, 9.17) is 4.42 Å². The molecule has 2 aromatic heterocycles. The standard InChI is InChI=1S/C14H19N3OS2/c1-2-5-15-6-3-13-16-17-14(18-13)12-8-10-9-19-7-4-11(10)20-12/h8,15H,2-7,9H2,1H3. The van der Waals surface area contributed by atoms with Crippen LogP contribution >= 0.6 is 23.1 Å². The smallest absolute Gasteiger partial charge is 0.257 e. The molecule has 0 aromatic carbocycles. The molecule has 1 aliphatic heterocycles. The van der Waals surface area contributed by atoms with Crippen LogP contribution in [0.2, 0.25) is 0 Å². The van der Waals surface area contributed by atoms with Crippen LogP contribution in [0.4, 0.5) is 0 Å². The Bertz CT molecular complexity index is 541. The highest BCUT2D eigenvalue weighted by atomic mass is 32.2. The van der Waals surface area contributed by atoms with Crippen molar-refractivity contribution < 1.29 is 4.42 Å². The van der Waals surface area contributed by atoms with Gasteiger partial charge in [0.1, 0.15) is 0 Å². The van der Waals surface area contributed by atoms with Crippen molar-refractivity contribution >= 4 is 23.1 Å². The van der Waals surface area contributed by atoms with Crippen LogP contribution in [0.15, 0.2) is 10.5 Å². The lowest BCUT2D eigenvalue weighted by molar-refractivity contribution is 0.495. The predicted molar refractivity (Wildman–Crippen MR) is 84.3 cm³/mol. The maximum absolute atomic E-state index is 5.77. The zero-order valence-corrected chi connectivity index (χ0v) is 13.3. The highest BCUT2D eigenvalue weighted by molar-refractivity contribution is 7.98. The van der Waals surface area contributed by atoms with Crippen molar-refractivity contribution in [3.8, 4) is 10.8 Å². The van der Waals surface area contributed by atoms with Crippen molar-refractivity contribution in [1.29, 1.82) is 0 Å². The van der Waals surface area contributed by atoms with Gasteiger partial charge >= 0.3 is 0 Å². The highest BCUT2D eigenvalue weighted by Gasteiger charge is 2.17. The summed E-state index contributed by atoms with van der Waals surface area (Å²) < 4.78 is 5.77. The molecular weight excluding hydrogens is 290 g/mol. The summed E-state index contributed by atoms with van der Waals surface area (Å²) in [7, 11) is 0. The van der Waals surface area contributed by atoms with Gasteiger partial charge in [-0.2, -0.15) is 11.8 Å². The van der Waals surface area contributed by atoms with Crippen LogP contribution in [0.3, 0.4) is 0 Å². The van der Waals surface area contributed by atoms with E-state index in [1.54, 1.807) is 0 Å². The van der Waals surface area contributed by atoms with Crippen LogP contribution in [-0.2, 0) is 18.6 Å². The Labute approximate surface area is 127 Å². The molecule has 2 aromatic rings. The van der Waals surface area contributed by atoms with Crippen LogP contribution in [0, 0.1) is 0 Å². The van der Waals surface area contributed by atoms with Crippen molar-refractivity contribution in [3.05, 3.63) is 22.4 Å². The SMILES string of the molecule is CCCNCCc1nnc(-c2cc3c(s2)CCSC3)o1. The van der Waals surface area contributed by atoms with Gasteiger partial charge in [-0.15, -0.1) is 21.5 Å². The Kier molecular flexibility index (Phi) is 4.75. The van der Waals surface area contributed by atoms with Gasteiger partial charge in [0.2, 0.25) is 5.89 Å².